The number of hydrogen-bond donors (Lipinski definition) is 3. The summed E-state index contributed by atoms with van der Waals surface area (Å²) in [5, 5.41) is 10.4. The van der Waals surface area contributed by atoms with Gasteiger partial charge in [-0.15, -0.1) is 0 Å². The lowest BCUT2D eigenvalue weighted by Gasteiger charge is -2.39. The number of nitrogens with one attached hydrogen (secondary N) is 1. The molecular weight excluding hydrogens is 583 g/mol. The Hall–Kier alpha value is -4.36. The van der Waals surface area contributed by atoms with Gasteiger partial charge in [0, 0.05) is 24.7 Å². The zero-order valence-corrected chi connectivity index (χ0v) is 25.0. The SMILES string of the molecule is COc1cccc2c1C(NC(=O)[C@@H]1C[C@H]1C(c1cccnc1)N1C(=O)CC(C)(C)N=C1N)CC(C)(C)O2.O=C(O)C(F)(F)F. The van der Waals surface area contributed by atoms with E-state index in [0.717, 1.165) is 11.1 Å². The predicted molar refractivity (Wildman–Crippen MR) is 153 cm³/mol. The number of rotatable bonds is 6. The average molecular weight is 620 g/mol. The molecular formula is C30H36F3N5O6. The Kier molecular flexibility index (Phi) is 8.85. The highest BCUT2D eigenvalue weighted by Crippen LogP contribution is 2.52. The first-order chi connectivity index (χ1) is 20.4. The van der Waals surface area contributed by atoms with Gasteiger partial charge < -0.3 is 25.6 Å². The number of aromatic nitrogens is 1. The van der Waals surface area contributed by atoms with Crippen LogP contribution < -0.4 is 20.5 Å². The van der Waals surface area contributed by atoms with E-state index in [2.05, 4.69) is 15.3 Å². The Labute approximate surface area is 252 Å². The van der Waals surface area contributed by atoms with Crippen molar-refractivity contribution in [3.63, 3.8) is 0 Å². The molecule has 1 aromatic heterocycles. The van der Waals surface area contributed by atoms with Crippen molar-refractivity contribution in [1.82, 2.24) is 15.2 Å². The van der Waals surface area contributed by atoms with E-state index < -0.39 is 29.3 Å². The lowest BCUT2D eigenvalue weighted by molar-refractivity contribution is -0.192. The van der Waals surface area contributed by atoms with Gasteiger partial charge in [-0.2, -0.15) is 13.2 Å². The van der Waals surface area contributed by atoms with Crippen molar-refractivity contribution < 1.29 is 42.1 Å². The fraction of sp³-hybridized carbons (Fsp3) is 0.500. The summed E-state index contributed by atoms with van der Waals surface area (Å²) in [5.41, 5.74) is 7.03. The zero-order valence-electron chi connectivity index (χ0n) is 25.0. The minimum absolute atomic E-state index is 0.0567. The molecule has 1 aromatic carbocycles. The van der Waals surface area contributed by atoms with Crippen LogP contribution in [0.5, 0.6) is 11.5 Å². The summed E-state index contributed by atoms with van der Waals surface area (Å²) in [6, 6.07) is 8.75. The molecule has 0 saturated heterocycles. The maximum absolute atomic E-state index is 13.6. The summed E-state index contributed by atoms with van der Waals surface area (Å²) < 4.78 is 43.5. The lowest BCUT2D eigenvalue weighted by Crippen LogP contribution is -2.52. The molecule has 44 heavy (non-hydrogen) atoms. The number of ether oxygens (including phenoxy) is 2. The second kappa shape index (κ2) is 12.0. The largest absolute Gasteiger partial charge is 0.496 e. The zero-order chi connectivity index (χ0) is 32.6. The van der Waals surface area contributed by atoms with E-state index in [0.29, 0.717) is 24.3 Å². The van der Waals surface area contributed by atoms with E-state index >= 15 is 0 Å². The standard InChI is InChI=1S/C28H35N5O4.C2HF3O2/c1-27(2)14-22(34)33(26(29)32-27)24(16-8-7-11-30-15-16)17-12-18(17)25(35)31-19-13-28(3,4)37-21-10-6-9-20(36-5)23(19)21;3-2(4,5)1(6)7/h6-11,15,17-19,24H,12-14H2,1-5H3,(H2,29,32)(H,31,35);(H,6,7)/t17-,18-,19?,24?;/m1./s1. The maximum atomic E-state index is 13.6. The van der Waals surface area contributed by atoms with Crippen LogP contribution in [0.4, 0.5) is 13.2 Å². The third-order valence-corrected chi connectivity index (χ3v) is 7.64. The number of amides is 2. The van der Waals surface area contributed by atoms with Crippen LogP contribution in [0.15, 0.2) is 47.7 Å². The van der Waals surface area contributed by atoms with Crippen molar-refractivity contribution in [3.05, 3.63) is 53.9 Å². The number of nitrogens with zero attached hydrogens (tertiary/aromatic N) is 3. The Balaban J connectivity index is 0.000000566. The van der Waals surface area contributed by atoms with Crippen LogP contribution in [0, 0.1) is 11.8 Å². The highest BCUT2D eigenvalue weighted by Gasteiger charge is 2.53. The molecule has 3 heterocycles. The summed E-state index contributed by atoms with van der Waals surface area (Å²) in [5.74, 6) is -1.70. The van der Waals surface area contributed by atoms with Gasteiger partial charge in [0.05, 0.1) is 36.7 Å². The van der Waals surface area contributed by atoms with E-state index in [1.165, 1.54) is 0 Å². The first kappa shape index (κ1) is 32.6. The van der Waals surface area contributed by atoms with Crippen LogP contribution in [0.3, 0.4) is 0 Å². The summed E-state index contributed by atoms with van der Waals surface area (Å²) in [6.07, 6.45) is -0.165. The fourth-order valence-electron chi connectivity index (χ4n) is 5.76. The molecule has 2 amide bonds. The molecule has 1 saturated carbocycles. The van der Waals surface area contributed by atoms with Crippen LogP contribution >= 0.6 is 0 Å². The van der Waals surface area contributed by atoms with E-state index in [9.17, 15) is 22.8 Å². The van der Waals surface area contributed by atoms with Gasteiger partial charge in [-0.3, -0.25) is 19.5 Å². The van der Waals surface area contributed by atoms with Crippen LogP contribution in [0.25, 0.3) is 0 Å². The number of alkyl halides is 3. The number of carbonyl (C=O) groups excluding carboxylic acids is 2. The molecule has 0 bridgehead atoms. The van der Waals surface area contributed by atoms with E-state index in [4.69, 9.17) is 25.1 Å². The van der Waals surface area contributed by atoms with Crippen LogP contribution in [0.2, 0.25) is 0 Å². The van der Waals surface area contributed by atoms with Gasteiger partial charge in [-0.05, 0) is 63.8 Å². The highest BCUT2D eigenvalue weighted by atomic mass is 19.4. The van der Waals surface area contributed by atoms with Gasteiger partial charge in [-0.25, -0.2) is 9.79 Å². The molecule has 2 aliphatic heterocycles. The van der Waals surface area contributed by atoms with E-state index in [-0.39, 0.29) is 42.1 Å². The number of guanidine groups is 1. The molecule has 2 aromatic rings. The van der Waals surface area contributed by atoms with Gasteiger partial charge >= 0.3 is 12.1 Å². The minimum atomic E-state index is -5.08. The molecule has 11 nitrogen and oxygen atoms in total. The smallest absolute Gasteiger partial charge is 0.490 e. The number of benzene rings is 1. The quantitative estimate of drug-likeness (QED) is 0.436. The van der Waals surface area contributed by atoms with Crippen LogP contribution in [-0.2, 0) is 14.4 Å². The molecule has 0 radical (unpaired) electrons. The number of carboxylic acid groups (broad SMARTS) is 1. The Morgan fingerprint density at radius 2 is 1.89 bits per heavy atom. The number of halogens is 3. The Bertz CT molecular complexity index is 1450. The first-order valence-electron chi connectivity index (χ1n) is 14.0. The van der Waals surface area contributed by atoms with Crippen molar-refractivity contribution in [2.75, 3.05) is 7.11 Å². The monoisotopic (exact) mass is 619 g/mol. The number of methoxy groups -OCH3 is 1. The van der Waals surface area contributed by atoms with Gasteiger partial charge in [0.1, 0.15) is 17.1 Å². The first-order valence-corrected chi connectivity index (χ1v) is 14.0. The average Bonchev–Trinajstić information content (AvgIpc) is 3.70. The summed E-state index contributed by atoms with van der Waals surface area (Å²) >= 11 is 0. The summed E-state index contributed by atoms with van der Waals surface area (Å²) in [4.78, 5) is 46.2. The van der Waals surface area contributed by atoms with Crippen molar-refractivity contribution >= 4 is 23.7 Å². The van der Waals surface area contributed by atoms with E-state index in [1.54, 1.807) is 24.4 Å². The number of aliphatic carboxylic acids is 1. The number of carboxylic acids is 1. The van der Waals surface area contributed by atoms with Gasteiger partial charge in [0.2, 0.25) is 11.8 Å². The topological polar surface area (TPSA) is 156 Å². The van der Waals surface area contributed by atoms with Gasteiger partial charge in [-0.1, -0.05) is 12.1 Å². The minimum Gasteiger partial charge on any atom is -0.496 e. The number of fused-ring (bicyclic) bond motifs is 1. The third kappa shape index (κ3) is 7.22. The fourth-order valence-corrected chi connectivity index (χ4v) is 5.76. The summed E-state index contributed by atoms with van der Waals surface area (Å²) in [6.45, 7) is 7.81. The second-order valence-electron chi connectivity index (χ2n) is 12.3. The highest BCUT2D eigenvalue weighted by molar-refractivity contribution is 5.99. The van der Waals surface area contributed by atoms with E-state index in [1.807, 2.05) is 58.0 Å². The lowest BCUT2D eigenvalue weighted by atomic mass is 9.89. The number of nitrogens with two attached hydrogens (primary N) is 1. The molecule has 4 N–H and O–H groups in total. The number of carbonyl (C=O) groups is 3. The molecule has 4 atom stereocenters. The number of hydrogen-bond acceptors (Lipinski definition) is 8. The second-order valence-corrected chi connectivity index (χ2v) is 12.3. The third-order valence-electron chi connectivity index (χ3n) is 7.64. The van der Waals surface area contributed by atoms with Gasteiger partial charge in [0.25, 0.3) is 0 Å². The number of aliphatic imine (C=N–C) groups is 1. The van der Waals surface area contributed by atoms with Crippen molar-refractivity contribution in [2.24, 2.45) is 22.6 Å². The van der Waals surface area contributed by atoms with Crippen LogP contribution in [-0.4, -0.2) is 63.2 Å². The summed E-state index contributed by atoms with van der Waals surface area (Å²) in [7, 11) is 1.62. The molecule has 14 heteroatoms. The van der Waals surface area contributed by atoms with Gasteiger partial charge in [0.15, 0.2) is 5.96 Å². The van der Waals surface area contributed by atoms with Crippen LogP contribution in [0.1, 0.15) is 70.2 Å². The molecule has 1 fully saturated rings. The maximum Gasteiger partial charge on any atom is 0.490 e. The van der Waals surface area contributed by atoms with Crippen molar-refractivity contribution in [1.29, 1.82) is 0 Å². The Morgan fingerprint density at radius 3 is 2.45 bits per heavy atom. The molecule has 5 rings (SSSR count). The van der Waals surface area contributed by atoms with Crippen molar-refractivity contribution in [3.8, 4) is 11.5 Å². The normalized spacial score (nSPS) is 23.9. The number of pyridine rings is 1. The predicted octanol–water partition coefficient (Wildman–Crippen LogP) is 4.14. The molecule has 1 aliphatic carbocycles. The van der Waals surface area contributed by atoms with Crippen molar-refractivity contribution in [2.45, 2.75) is 76.4 Å². The molecule has 3 aliphatic rings. The molecule has 2 unspecified atom stereocenters. The Morgan fingerprint density at radius 1 is 1.20 bits per heavy atom. The molecule has 0 spiro atoms. The molecule has 238 valence electrons.